The molecular formula is C23H27FN2O5S2. The van der Waals surface area contributed by atoms with Gasteiger partial charge in [0.15, 0.2) is 11.5 Å². The summed E-state index contributed by atoms with van der Waals surface area (Å²) >= 11 is 1.47. The average molecular weight is 495 g/mol. The van der Waals surface area contributed by atoms with Gasteiger partial charge >= 0.3 is 0 Å². The number of thioether (sulfide) groups is 1. The molecule has 2 aromatic rings. The molecule has 4 rings (SSSR count). The first kappa shape index (κ1) is 23.8. The number of fused-ring (bicyclic) bond motifs is 1. The van der Waals surface area contributed by atoms with Crippen LogP contribution >= 0.6 is 11.8 Å². The summed E-state index contributed by atoms with van der Waals surface area (Å²) in [4.78, 5) is 13.7. The fourth-order valence-electron chi connectivity index (χ4n) is 4.31. The Hall–Kier alpha value is -2.30. The van der Waals surface area contributed by atoms with Crippen LogP contribution in [0.1, 0.15) is 30.9 Å². The lowest BCUT2D eigenvalue weighted by molar-refractivity contribution is -0.127. The second-order valence-electron chi connectivity index (χ2n) is 8.05. The second kappa shape index (κ2) is 9.90. The van der Waals surface area contributed by atoms with Crippen molar-refractivity contribution in [3.63, 3.8) is 0 Å². The average Bonchev–Trinajstić information content (AvgIpc) is 2.84. The quantitative estimate of drug-likeness (QED) is 0.661. The van der Waals surface area contributed by atoms with Crippen molar-refractivity contribution in [2.45, 2.75) is 35.1 Å². The number of benzene rings is 2. The number of hydrogen-bond donors (Lipinski definition) is 1. The van der Waals surface area contributed by atoms with E-state index in [1.165, 1.54) is 48.5 Å². The lowest BCUT2D eigenvalue weighted by atomic mass is 9.95. The van der Waals surface area contributed by atoms with E-state index >= 15 is 0 Å². The molecule has 7 nitrogen and oxygen atoms in total. The zero-order valence-electron chi connectivity index (χ0n) is 18.5. The van der Waals surface area contributed by atoms with Crippen molar-refractivity contribution in [3.8, 4) is 11.5 Å². The molecule has 1 fully saturated rings. The summed E-state index contributed by atoms with van der Waals surface area (Å²) in [6.45, 7) is 0.501. The minimum atomic E-state index is -3.72. The highest BCUT2D eigenvalue weighted by molar-refractivity contribution is 7.99. The third-order valence-corrected chi connectivity index (χ3v) is 9.21. The first-order chi connectivity index (χ1) is 15.8. The van der Waals surface area contributed by atoms with Gasteiger partial charge in [0.1, 0.15) is 5.82 Å². The summed E-state index contributed by atoms with van der Waals surface area (Å²) in [6.07, 6.45) is 1.59. The molecule has 0 radical (unpaired) electrons. The summed E-state index contributed by atoms with van der Waals surface area (Å²) in [5.74, 6) is 0.884. The molecule has 1 atom stereocenters. The monoisotopic (exact) mass is 494 g/mol. The van der Waals surface area contributed by atoms with Gasteiger partial charge in [-0.15, -0.1) is 11.8 Å². The van der Waals surface area contributed by atoms with Gasteiger partial charge in [-0.25, -0.2) is 12.8 Å². The minimum absolute atomic E-state index is 0.106. The number of methoxy groups -OCH3 is 2. The number of rotatable bonds is 6. The van der Waals surface area contributed by atoms with Crippen molar-refractivity contribution in [1.29, 1.82) is 0 Å². The third-order valence-electron chi connectivity index (χ3n) is 6.16. The number of nitrogens with one attached hydrogen (secondary N) is 1. The van der Waals surface area contributed by atoms with Gasteiger partial charge in [0.2, 0.25) is 15.9 Å². The summed E-state index contributed by atoms with van der Waals surface area (Å²) in [5, 5.41) is 3.07. The molecule has 1 saturated heterocycles. The molecule has 2 heterocycles. The lowest BCUT2D eigenvalue weighted by Crippen LogP contribution is -2.44. The highest BCUT2D eigenvalue weighted by Crippen LogP contribution is 2.38. The van der Waals surface area contributed by atoms with Crippen molar-refractivity contribution >= 4 is 27.7 Å². The van der Waals surface area contributed by atoms with Crippen molar-refractivity contribution in [2.24, 2.45) is 5.92 Å². The fraction of sp³-hybridized carbons (Fsp3) is 0.435. The predicted molar refractivity (Wildman–Crippen MR) is 124 cm³/mol. The number of nitrogens with zero attached hydrogens (tertiary/aromatic N) is 1. The van der Waals surface area contributed by atoms with E-state index in [9.17, 15) is 17.6 Å². The molecule has 2 aliphatic rings. The predicted octanol–water partition coefficient (Wildman–Crippen LogP) is 3.60. The van der Waals surface area contributed by atoms with E-state index in [0.29, 0.717) is 29.2 Å². The van der Waals surface area contributed by atoms with E-state index in [-0.39, 0.29) is 41.7 Å². The van der Waals surface area contributed by atoms with E-state index in [0.717, 1.165) is 17.7 Å². The van der Waals surface area contributed by atoms with Gasteiger partial charge in [-0.2, -0.15) is 4.31 Å². The summed E-state index contributed by atoms with van der Waals surface area (Å²) in [6, 6.07) is 9.24. The Labute approximate surface area is 197 Å². The SMILES string of the molecule is COc1ccc(S(=O)(=O)N2CCC(C(=O)NC3CCSc4c(F)cccc43)CC2)cc1OC. The fourth-order valence-corrected chi connectivity index (χ4v) is 6.94. The van der Waals surface area contributed by atoms with Gasteiger partial charge in [0, 0.05) is 35.7 Å². The molecule has 178 valence electrons. The summed E-state index contributed by atoms with van der Waals surface area (Å²) < 4.78 is 52.1. The van der Waals surface area contributed by atoms with Crippen molar-refractivity contribution in [1.82, 2.24) is 9.62 Å². The first-order valence-electron chi connectivity index (χ1n) is 10.8. The second-order valence-corrected chi connectivity index (χ2v) is 11.1. The third kappa shape index (κ3) is 4.83. The Kier molecular flexibility index (Phi) is 7.16. The summed E-state index contributed by atoms with van der Waals surface area (Å²) in [5.41, 5.74) is 0.813. The van der Waals surface area contributed by atoms with E-state index in [2.05, 4.69) is 5.32 Å². The van der Waals surface area contributed by atoms with Crippen molar-refractivity contribution < 1.29 is 27.1 Å². The zero-order chi connectivity index (χ0) is 23.6. The minimum Gasteiger partial charge on any atom is -0.493 e. The lowest BCUT2D eigenvalue weighted by Gasteiger charge is -2.32. The normalized spacial score (nSPS) is 19.5. The van der Waals surface area contributed by atoms with Crippen LogP contribution in [0.4, 0.5) is 4.39 Å². The molecule has 0 spiro atoms. The molecule has 0 aromatic heterocycles. The maximum atomic E-state index is 14.1. The van der Waals surface area contributed by atoms with Gasteiger partial charge in [-0.1, -0.05) is 12.1 Å². The molecule has 1 amide bonds. The highest BCUT2D eigenvalue weighted by atomic mass is 32.2. The van der Waals surface area contributed by atoms with Crippen molar-refractivity contribution in [2.75, 3.05) is 33.1 Å². The maximum absolute atomic E-state index is 14.1. The number of amides is 1. The van der Waals surface area contributed by atoms with Crippen LogP contribution in [0, 0.1) is 11.7 Å². The number of hydrogen-bond acceptors (Lipinski definition) is 6. The standard InChI is InChI=1S/C23H27FN2O5S2/c1-30-20-7-6-16(14-21(20)31-2)33(28,29)26-11-8-15(9-12-26)23(27)25-19-10-13-32-22-17(19)4-3-5-18(22)24/h3-7,14-15,19H,8-13H2,1-2H3,(H,25,27). The molecule has 33 heavy (non-hydrogen) atoms. The molecule has 10 heteroatoms. The van der Waals surface area contributed by atoms with Crippen LogP contribution in [0.5, 0.6) is 11.5 Å². The molecular weight excluding hydrogens is 467 g/mol. The molecule has 0 bridgehead atoms. The summed E-state index contributed by atoms with van der Waals surface area (Å²) in [7, 11) is -0.775. The Morgan fingerprint density at radius 3 is 2.52 bits per heavy atom. The Balaban J connectivity index is 1.40. The molecule has 2 aliphatic heterocycles. The van der Waals surface area contributed by atoms with Crippen LogP contribution in [0.15, 0.2) is 46.2 Å². The van der Waals surface area contributed by atoms with Gasteiger partial charge < -0.3 is 14.8 Å². The molecule has 1 N–H and O–H groups in total. The van der Waals surface area contributed by atoms with Crippen LogP contribution in [0.2, 0.25) is 0 Å². The van der Waals surface area contributed by atoms with Crippen LogP contribution in [0.3, 0.4) is 0 Å². The van der Waals surface area contributed by atoms with Crippen molar-refractivity contribution in [3.05, 3.63) is 47.8 Å². The number of halogens is 1. The highest BCUT2D eigenvalue weighted by Gasteiger charge is 2.34. The van der Waals surface area contributed by atoms with Gasteiger partial charge in [-0.05, 0) is 43.0 Å². The number of carbonyl (C=O) groups is 1. The van der Waals surface area contributed by atoms with Gasteiger partial charge in [0.25, 0.3) is 0 Å². The van der Waals surface area contributed by atoms with Gasteiger partial charge in [0.05, 0.1) is 25.2 Å². The Morgan fingerprint density at radius 1 is 1.09 bits per heavy atom. The molecule has 0 aliphatic carbocycles. The van der Waals surface area contributed by atoms with E-state index < -0.39 is 10.0 Å². The molecule has 2 aromatic carbocycles. The van der Waals surface area contributed by atoms with Crippen LogP contribution < -0.4 is 14.8 Å². The number of piperidine rings is 1. The number of ether oxygens (including phenoxy) is 2. The van der Waals surface area contributed by atoms with E-state index in [1.807, 2.05) is 6.07 Å². The topological polar surface area (TPSA) is 84.9 Å². The Bertz CT molecular complexity index is 1130. The zero-order valence-corrected chi connectivity index (χ0v) is 20.2. The largest absolute Gasteiger partial charge is 0.493 e. The maximum Gasteiger partial charge on any atom is 0.243 e. The molecule has 1 unspecified atom stereocenters. The van der Waals surface area contributed by atoms with E-state index in [1.54, 1.807) is 12.1 Å². The Morgan fingerprint density at radius 2 is 1.82 bits per heavy atom. The molecule has 0 saturated carbocycles. The van der Waals surface area contributed by atoms with E-state index in [4.69, 9.17) is 9.47 Å². The number of carbonyl (C=O) groups excluding carboxylic acids is 1. The number of sulfonamides is 1. The first-order valence-corrected chi connectivity index (χ1v) is 13.2. The van der Waals surface area contributed by atoms with Gasteiger partial charge in [-0.3, -0.25) is 4.79 Å². The van der Waals surface area contributed by atoms with Crippen LogP contribution in [0.25, 0.3) is 0 Å². The van der Waals surface area contributed by atoms with Crippen LogP contribution in [-0.4, -0.2) is 51.7 Å². The smallest absolute Gasteiger partial charge is 0.243 e. The van der Waals surface area contributed by atoms with Crippen LogP contribution in [-0.2, 0) is 14.8 Å².